The molecule has 38 heavy (non-hydrogen) atoms. The third-order valence-corrected chi connectivity index (χ3v) is 8.29. The first-order valence-corrected chi connectivity index (χ1v) is 17.0. The Morgan fingerprint density at radius 1 is 1.11 bits per heavy atom. The monoisotopic (exact) mass is 550 g/mol. The van der Waals surface area contributed by atoms with Gasteiger partial charge >= 0.3 is 5.97 Å². The van der Waals surface area contributed by atoms with Gasteiger partial charge < -0.3 is 28.4 Å². The summed E-state index contributed by atoms with van der Waals surface area (Å²) in [5.74, 6) is -1.16. The smallest absolute Gasteiger partial charge is 0.342 e. The molecule has 0 radical (unpaired) electrons. The summed E-state index contributed by atoms with van der Waals surface area (Å²) in [5, 5.41) is 0. The van der Waals surface area contributed by atoms with Crippen LogP contribution in [0.5, 0.6) is 11.5 Å². The summed E-state index contributed by atoms with van der Waals surface area (Å²) in [4.78, 5) is 13.5. The summed E-state index contributed by atoms with van der Waals surface area (Å²) >= 11 is 0. The van der Waals surface area contributed by atoms with E-state index in [2.05, 4.69) is 19.6 Å². The van der Waals surface area contributed by atoms with E-state index >= 15 is 0 Å². The van der Waals surface area contributed by atoms with Crippen LogP contribution >= 0.6 is 0 Å². The Hall–Kier alpha value is -2.20. The van der Waals surface area contributed by atoms with Gasteiger partial charge in [0.25, 0.3) is 0 Å². The van der Waals surface area contributed by atoms with Crippen molar-refractivity contribution in [1.82, 2.24) is 0 Å². The molecule has 4 atom stereocenters. The molecule has 2 aliphatic rings. The number of rotatable bonds is 7. The van der Waals surface area contributed by atoms with Crippen molar-refractivity contribution >= 4 is 20.1 Å². The maximum Gasteiger partial charge on any atom is 0.342 e. The SMILES string of the molecule is COCOc1cc(OCC[Si](C)(C)C)cc2c1C(=O)O[C@@H](C)[C@H](C)/C=C(/F)CC1OC(C)(C)OC1C/C=C/2. The summed E-state index contributed by atoms with van der Waals surface area (Å²) in [6.45, 7) is 14.6. The lowest BCUT2D eigenvalue weighted by Gasteiger charge is -2.22. The zero-order valence-corrected chi connectivity index (χ0v) is 25.0. The molecular weight excluding hydrogens is 507 g/mol. The summed E-state index contributed by atoms with van der Waals surface area (Å²) in [6.07, 6.45) is 4.43. The first-order chi connectivity index (χ1) is 17.8. The van der Waals surface area contributed by atoms with Crippen LogP contribution in [0.25, 0.3) is 6.08 Å². The van der Waals surface area contributed by atoms with Crippen molar-refractivity contribution in [2.75, 3.05) is 20.5 Å². The van der Waals surface area contributed by atoms with Crippen molar-refractivity contribution in [1.29, 1.82) is 0 Å². The summed E-state index contributed by atoms with van der Waals surface area (Å²) < 4.78 is 49.9. The molecular formula is C29H43FO7Si. The van der Waals surface area contributed by atoms with Crippen molar-refractivity contribution in [2.45, 2.75) is 90.3 Å². The molecule has 1 saturated heterocycles. The van der Waals surface area contributed by atoms with E-state index in [1.165, 1.54) is 13.2 Å². The average Bonchev–Trinajstić information content (AvgIpc) is 3.08. The second-order valence-corrected chi connectivity index (χ2v) is 17.4. The number of methoxy groups -OCH3 is 1. The lowest BCUT2D eigenvalue weighted by atomic mass is 9.99. The van der Waals surface area contributed by atoms with Crippen molar-refractivity contribution in [3.8, 4) is 11.5 Å². The highest BCUT2D eigenvalue weighted by molar-refractivity contribution is 6.76. The Bertz CT molecular complexity index is 1030. The molecule has 0 amide bonds. The van der Waals surface area contributed by atoms with Gasteiger partial charge in [0, 0.05) is 33.6 Å². The van der Waals surface area contributed by atoms with Gasteiger partial charge in [-0.1, -0.05) is 38.7 Å². The minimum atomic E-state index is -1.30. The molecule has 7 nitrogen and oxygen atoms in total. The van der Waals surface area contributed by atoms with E-state index in [0.29, 0.717) is 30.1 Å². The molecule has 1 fully saturated rings. The molecule has 0 N–H and O–H groups in total. The van der Waals surface area contributed by atoms with Gasteiger partial charge in [-0.25, -0.2) is 9.18 Å². The van der Waals surface area contributed by atoms with Crippen molar-refractivity contribution < 1.29 is 37.6 Å². The normalized spacial score (nSPS) is 28.2. The molecule has 2 heterocycles. The summed E-state index contributed by atoms with van der Waals surface area (Å²) in [5.41, 5.74) is 0.858. The third kappa shape index (κ3) is 8.66. The number of fused-ring (bicyclic) bond motifs is 2. The molecule has 0 aromatic heterocycles. The number of halogens is 1. The van der Waals surface area contributed by atoms with Crippen LogP contribution in [0, 0.1) is 5.92 Å². The molecule has 1 aromatic rings. The molecule has 0 bridgehead atoms. The predicted octanol–water partition coefficient (Wildman–Crippen LogP) is 6.75. The molecule has 2 unspecified atom stereocenters. The predicted molar refractivity (Wildman–Crippen MR) is 148 cm³/mol. The van der Waals surface area contributed by atoms with Crippen LogP contribution in [0.3, 0.4) is 0 Å². The molecule has 212 valence electrons. The van der Waals surface area contributed by atoms with Crippen LogP contribution in [0.4, 0.5) is 4.39 Å². The molecule has 2 aliphatic heterocycles. The number of cyclic esters (lactones) is 1. The topological polar surface area (TPSA) is 72.5 Å². The van der Waals surface area contributed by atoms with E-state index in [9.17, 15) is 9.18 Å². The standard InChI is InChI=1S/C29H43FO7Si/c1-19-14-22(30)16-25-24(36-29(3,4)37-25)11-9-10-21-15-23(33-12-13-38(6,7)8)17-26(34-18-32-5)27(21)28(31)35-20(19)2/h9-10,14-15,17,19-20,24-25H,11-13,16,18H2,1-8H3/b10-9+,22-14+/t19-,20+,24?,25?/m1/s1. The Morgan fingerprint density at radius 3 is 2.50 bits per heavy atom. The minimum Gasteiger partial charge on any atom is -0.494 e. The Morgan fingerprint density at radius 2 is 1.82 bits per heavy atom. The van der Waals surface area contributed by atoms with Gasteiger partial charge in [-0.2, -0.15) is 0 Å². The molecule has 9 heteroatoms. The fraction of sp³-hybridized carbons (Fsp3) is 0.621. The van der Waals surface area contributed by atoms with Gasteiger partial charge in [0.05, 0.1) is 24.6 Å². The van der Waals surface area contributed by atoms with E-state index in [0.717, 1.165) is 6.04 Å². The van der Waals surface area contributed by atoms with E-state index in [-0.39, 0.29) is 36.6 Å². The zero-order valence-electron chi connectivity index (χ0n) is 24.0. The molecule has 3 rings (SSSR count). The van der Waals surface area contributed by atoms with E-state index in [1.54, 1.807) is 13.0 Å². The number of benzene rings is 1. The lowest BCUT2D eigenvalue weighted by molar-refractivity contribution is -0.146. The van der Waals surface area contributed by atoms with Crippen molar-refractivity contribution in [3.63, 3.8) is 0 Å². The van der Waals surface area contributed by atoms with Crippen LogP contribution in [0.1, 0.15) is 56.5 Å². The maximum absolute atomic E-state index is 14.9. The van der Waals surface area contributed by atoms with Crippen LogP contribution in [-0.2, 0) is 18.9 Å². The number of carbonyl (C=O) groups excluding carboxylic acids is 1. The number of ether oxygens (including phenoxy) is 6. The third-order valence-electron chi connectivity index (χ3n) is 6.59. The Kier molecular flexibility index (Phi) is 10.2. The fourth-order valence-corrected chi connectivity index (χ4v) is 5.10. The first-order valence-electron chi connectivity index (χ1n) is 13.3. The highest BCUT2D eigenvalue weighted by Gasteiger charge is 2.41. The molecule has 0 spiro atoms. The minimum absolute atomic E-state index is 0.0499. The fourth-order valence-electron chi connectivity index (χ4n) is 4.38. The molecule has 0 saturated carbocycles. The van der Waals surface area contributed by atoms with E-state index in [1.807, 2.05) is 39.0 Å². The number of hydrogen-bond donors (Lipinski definition) is 0. The van der Waals surface area contributed by atoms with Crippen LogP contribution in [-0.4, -0.2) is 58.7 Å². The van der Waals surface area contributed by atoms with Gasteiger partial charge in [-0.3, -0.25) is 0 Å². The Labute approximate surface area is 227 Å². The lowest BCUT2D eigenvalue weighted by Crippen LogP contribution is -2.24. The van der Waals surface area contributed by atoms with Crippen LogP contribution in [0.15, 0.2) is 30.1 Å². The highest BCUT2D eigenvalue weighted by atomic mass is 28.3. The first kappa shape index (κ1) is 30.3. The van der Waals surface area contributed by atoms with Gasteiger partial charge in [-0.15, -0.1) is 0 Å². The van der Waals surface area contributed by atoms with Gasteiger partial charge in [-0.05, 0) is 50.9 Å². The van der Waals surface area contributed by atoms with Crippen molar-refractivity contribution in [2.24, 2.45) is 5.92 Å². The Balaban J connectivity index is 2.03. The largest absolute Gasteiger partial charge is 0.494 e. The van der Waals surface area contributed by atoms with Gasteiger partial charge in [0.15, 0.2) is 12.6 Å². The summed E-state index contributed by atoms with van der Waals surface area (Å²) in [7, 11) is 0.215. The van der Waals surface area contributed by atoms with E-state index in [4.69, 9.17) is 28.4 Å². The number of carbonyl (C=O) groups is 1. The van der Waals surface area contributed by atoms with Crippen LogP contribution in [0.2, 0.25) is 25.7 Å². The summed E-state index contributed by atoms with van der Waals surface area (Å²) in [6, 6.07) is 4.51. The maximum atomic E-state index is 14.9. The zero-order chi connectivity index (χ0) is 28.1. The average molecular weight is 551 g/mol. The molecule has 1 aromatic carbocycles. The molecule has 0 aliphatic carbocycles. The quantitative estimate of drug-likeness (QED) is 0.211. The van der Waals surface area contributed by atoms with Crippen LogP contribution < -0.4 is 9.47 Å². The van der Waals surface area contributed by atoms with E-state index < -0.39 is 32.0 Å². The van der Waals surface area contributed by atoms with Gasteiger partial charge in [0.1, 0.15) is 23.2 Å². The van der Waals surface area contributed by atoms with Gasteiger partial charge in [0.2, 0.25) is 0 Å². The number of hydrogen-bond acceptors (Lipinski definition) is 7. The number of esters is 1. The second-order valence-electron chi connectivity index (χ2n) is 11.7. The highest BCUT2D eigenvalue weighted by Crippen LogP contribution is 2.36. The van der Waals surface area contributed by atoms with Crippen molar-refractivity contribution in [3.05, 3.63) is 41.2 Å². The second kappa shape index (κ2) is 12.8.